The third kappa shape index (κ3) is 4.26. The fourth-order valence-electron chi connectivity index (χ4n) is 3.55. The third-order valence-corrected chi connectivity index (χ3v) is 4.83. The van der Waals surface area contributed by atoms with E-state index < -0.39 is 23.8 Å². The number of esters is 2. The lowest BCUT2D eigenvalue weighted by atomic mass is 9.80. The minimum atomic E-state index is -1.12. The zero-order chi connectivity index (χ0) is 20.8. The Hall–Kier alpha value is -3.28. The van der Waals surface area contributed by atoms with Gasteiger partial charge in [0.25, 0.3) is 0 Å². The Morgan fingerprint density at radius 1 is 0.966 bits per heavy atom. The van der Waals surface area contributed by atoms with Gasteiger partial charge >= 0.3 is 11.9 Å². The van der Waals surface area contributed by atoms with Crippen molar-refractivity contribution in [2.75, 3.05) is 20.3 Å². The Labute approximate surface area is 169 Å². The number of aromatic nitrogens is 1. The first-order chi connectivity index (χ1) is 14.1. The number of carbonyl (C=O) groups excluding carboxylic acids is 2. The molecule has 0 spiro atoms. The predicted molar refractivity (Wildman–Crippen MR) is 110 cm³/mol. The number of rotatable bonds is 8. The lowest BCUT2D eigenvalue weighted by Gasteiger charge is -2.24. The Balaban J connectivity index is 2.21. The second kappa shape index (κ2) is 9.28. The number of ether oxygens (including phenoxy) is 3. The number of methoxy groups -OCH3 is 1. The summed E-state index contributed by atoms with van der Waals surface area (Å²) in [5.41, 5.74) is 2.51. The second-order valence-electron chi connectivity index (χ2n) is 6.53. The molecule has 1 heterocycles. The number of nitrogens with one attached hydrogen (secondary N) is 1. The van der Waals surface area contributed by atoms with Crippen LogP contribution in [0, 0.1) is 5.92 Å². The van der Waals surface area contributed by atoms with E-state index in [1.807, 2.05) is 54.7 Å². The van der Waals surface area contributed by atoms with Crippen molar-refractivity contribution in [2.45, 2.75) is 19.8 Å². The highest BCUT2D eigenvalue weighted by atomic mass is 16.6. The Kier molecular flexibility index (Phi) is 6.54. The minimum Gasteiger partial charge on any atom is -0.497 e. The molecule has 1 aromatic heterocycles. The molecule has 6 heteroatoms. The molecule has 6 nitrogen and oxygen atoms in total. The zero-order valence-electron chi connectivity index (χ0n) is 16.8. The van der Waals surface area contributed by atoms with Crippen LogP contribution in [0.4, 0.5) is 0 Å². The summed E-state index contributed by atoms with van der Waals surface area (Å²) in [5, 5.41) is 0.872. The van der Waals surface area contributed by atoms with Crippen molar-refractivity contribution in [1.29, 1.82) is 0 Å². The van der Waals surface area contributed by atoms with Gasteiger partial charge in [-0.15, -0.1) is 0 Å². The van der Waals surface area contributed by atoms with Crippen LogP contribution in [0.25, 0.3) is 10.9 Å². The molecule has 1 N–H and O–H groups in total. The quantitative estimate of drug-likeness (QED) is 0.460. The van der Waals surface area contributed by atoms with Gasteiger partial charge in [-0.25, -0.2) is 0 Å². The molecule has 0 saturated heterocycles. The van der Waals surface area contributed by atoms with E-state index in [-0.39, 0.29) is 13.2 Å². The van der Waals surface area contributed by atoms with Crippen LogP contribution < -0.4 is 4.74 Å². The lowest BCUT2D eigenvalue weighted by molar-refractivity contribution is -0.162. The number of carbonyl (C=O) groups is 2. The number of hydrogen-bond donors (Lipinski definition) is 1. The summed E-state index contributed by atoms with van der Waals surface area (Å²) in [5.74, 6) is -2.21. The first-order valence-corrected chi connectivity index (χ1v) is 9.63. The number of aromatic amines is 1. The molecule has 1 unspecified atom stereocenters. The molecular weight excluding hydrogens is 370 g/mol. The summed E-state index contributed by atoms with van der Waals surface area (Å²) in [4.78, 5) is 29.0. The molecule has 0 aliphatic carbocycles. The summed E-state index contributed by atoms with van der Waals surface area (Å²) in [6.07, 6.45) is 1.83. The smallest absolute Gasteiger partial charge is 0.321 e. The molecule has 0 aliphatic heterocycles. The van der Waals surface area contributed by atoms with Crippen molar-refractivity contribution in [3.05, 3.63) is 65.9 Å². The van der Waals surface area contributed by atoms with Crippen molar-refractivity contribution in [3.8, 4) is 5.75 Å². The molecular formula is C23H25NO5. The van der Waals surface area contributed by atoms with Gasteiger partial charge in [-0.2, -0.15) is 0 Å². The molecule has 29 heavy (non-hydrogen) atoms. The van der Waals surface area contributed by atoms with Crippen molar-refractivity contribution in [3.63, 3.8) is 0 Å². The summed E-state index contributed by atoms with van der Waals surface area (Å²) < 4.78 is 15.9. The summed E-state index contributed by atoms with van der Waals surface area (Å²) in [6.45, 7) is 3.79. The molecule has 0 aliphatic rings. The first-order valence-electron chi connectivity index (χ1n) is 9.63. The van der Waals surface area contributed by atoms with Crippen molar-refractivity contribution < 1.29 is 23.8 Å². The minimum absolute atomic E-state index is 0.179. The van der Waals surface area contributed by atoms with Crippen LogP contribution in [0.15, 0.2) is 54.7 Å². The van der Waals surface area contributed by atoms with Crippen molar-refractivity contribution >= 4 is 22.8 Å². The summed E-state index contributed by atoms with van der Waals surface area (Å²) in [6, 6.07) is 15.1. The van der Waals surface area contributed by atoms with E-state index in [0.29, 0.717) is 5.75 Å². The number of hydrogen-bond acceptors (Lipinski definition) is 5. The van der Waals surface area contributed by atoms with Gasteiger partial charge in [0.2, 0.25) is 0 Å². The van der Waals surface area contributed by atoms with Gasteiger partial charge in [-0.05, 0) is 43.2 Å². The largest absolute Gasteiger partial charge is 0.497 e. The molecule has 0 fully saturated rings. The van der Waals surface area contributed by atoms with E-state index >= 15 is 0 Å². The van der Waals surface area contributed by atoms with Crippen molar-refractivity contribution in [2.24, 2.45) is 5.92 Å². The van der Waals surface area contributed by atoms with Gasteiger partial charge < -0.3 is 19.2 Å². The third-order valence-electron chi connectivity index (χ3n) is 4.83. The molecule has 1 atom stereocenters. The Morgan fingerprint density at radius 3 is 2.21 bits per heavy atom. The van der Waals surface area contributed by atoms with E-state index in [1.54, 1.807) is 21.0 Å². The van der Waals surface area contributed by atoms with E-state index in [2.05, 4.69) is 4.98 Å². The highest BCUT2D eigenvalue weighted by Crippen LogP contribution is 2.38. The summed E-state index contributed by atoms with van der Waals surface area (Å²) >= 11 is 0. The van der Waals surface area contributed by atoms with Gasteiger partial charge in [-0.3, -0.25) is 9.59 Å². The molecule has 0 bridgehead atoms. The Bertz CT molecular complexity index is 961. The zero-order valence-corrected chi connectivity index (χ0v) is 16.8. The molecule has 0 saturated carbocycles. The van der Waals surface area contributed by atoms with Gasteiger partial charge in [0.1, 0.15) is 5.75 Å². The molecule has 3 rings (SSSR count). The van der Waals surface area contributed by atoms with E-state index in [0.717, 1.165) is 22.0 Å². The topological polar surface area (TPSA) is 77.6 Å². The lowest BCUT2D eigenvalue weighted by Crippen LogP contribution is -2.34. The Morgan fingerprint density at radius 2 is 1.62 bits per heavy atom. The second-order valence-corrected chi connectivity index (χ2v) is 6.53. The van der Waals surface area contributed by atoms with Crippen LogP contribution in [-0.4, -0.2) is 37.2 Å². The van der Waals surface area contributed by atoms with Crippen LogP contribution in [0.1, 0.15) is 30.9 Å². The molecule has 0 radical (unpaired) electrons. The maximum absolute atomic E-state index is 12.9. The van der Waals surface area contributed by atoms with Gasteiger partial charge in [0, 0.05) is 23.0 Å². The number of benzene rings is 2. The average molecular weight is 395 g/mol. The molecule has 152 valence electrons. The fourth-order valence-corrected chi connectivity index (χ4v) is 3.55. The van der Waals surface area contributed by atoms with Gasteiger partial charge in [0.05, 0.1) is 20.3 Å². The normalized spacial score (nSPS) is 12.0. The van der Waals surface area contributed by atoms with Crippen LogP contribution >= 0.6 is 0 Å². The van der Waals surface area contributed by atoms with Crippen LogP contribution in [0.3, 0.4) is 0 Å². The van der Waals surface area contributed by atoms with Gasteiger partial charge in [0.15, 0.2) is 5.92 Å². The SMILES string of the molecule is CCOC(=O)C(C(=O)OCC)C(c1ccccc1)c1c[nH]c2ccc(OC)cc12. The molecule has 0 amide bonds. The van der Waals surface area contributed by atoms with Gasteiger partial charge in [-0.1, -0.05) is 30.3 Å². The maximum atomic E-state index is 12.9. The number of H-pyrrole nitrogens is 1. The highest BCUT2D eigenvalue weighted by Gasteiger charge is 2.40. The van der Waals surface area contributed by atoms with E-state index in [4.69, 9.17) is 14.2 Å². The molecule has 2 aromatic carbocycles. The van der Waals surface area contributed by atoms with Crippen LogP contribution in [-0.2, 0) is 19.1 Å². The van der Waals surface area contributed by atoms with Crippen molar-refractivity contribution in [1.82, 2.24) is 4.98 Å². The standard InChI is InChI=1S/C23H25NO5/c1-4-28-22(25)21(23(26)29-5-2)20(15-9-7-6-8-10-15)18-14-24-19-12-11-16(27-3)13-17(18)19/h6-14,20-21,24H,4-5H2,1-3H3. The molecule has 3 aromatic rings. The highest BCUT2D eigenvalue weighted by molar-refractivity contribution is 5.98. The number of fused-ring (bicyclic) bond motifs is 1. The van der Waals surface area contributed by atoms with E-state index in [9.17, 15) is 9.59 Å². The first kappa shape index (κ1) is 20.5. The van der Waals surface area contributed by atoms with Crippen LogP contribution in [0.2, 0.25) is 0 Å². The summed E-state index contributed by atoms with van der Waals surface area (Å²) in [7, 11) is 1.60. The van der Waals surface area contributed by atoms with Crippen LogP contribution in [0.5, 0.6) is 5.75 Å². The average Bonchev–Trinajstić information content (AvgIpc) is 3.15. The monoisotopic (exact) mass is 395 g/mol. The van der Waals surface area contributed by atoms with E-state index in [1.165, 1.54) is 0 Å². The maximum Gasteiger partial charge on any atom is 0.321 e. The predicted octanol–water partition coefficient (Wildman–Crippen LogP) is 4.05. The fraction of sp³-hybridized carbons (Fsp3) is 0.304.